The lowest BCUT2D eigenvalue weighted by molar-refractivity contribution is -0.141. The van der Waals surface area contributed by atoms with Crippen molar-refractivity contribution in [3.05, 3.63) is 41.2 Å². The van der Waals surface area contributed by atoms with Crippen LogP contribution in [0.15, 0.2) is 41.4 Å². The number of carbonyl (C=O) groups is 2. The Morgan fingerprint density at radius 3 is 2.55 bits per heavy atom. The summed E-state index contributed by atoms with van der Waals surface area (Å²) < 4.78 is 29.2. The molecule has 1 aromatic heterocycles. The molecule has 0 aliphatic carbocycles. The third-order valence-electron chi connectivity index (χ3n) is 4.69. The fourth-order valence-corrected chi connectivity index (χ4v) is 4.18. The van der Waals surface area contributed by atoms with Gasteiger partial charge in [-0.05, 0) is 12.1 Å². The maximum absolute atomic E-state index is 12.9. The van der Waals surface area contributed by atoms with Crippen LogP contribution in [0, 0.1) is 0 Å². The minimum atomic E-state index is -0.893. The van der Waals surface area contributed by atoms with Gasteiger partial charge in [-0.25, -0.2) is 0 Å². The summed E-state index contributed by atoms with van der Waals surface area (Å²) in [5, 5.41) is 0. The highest BCUT2D eigenvalue weighted by atomic mass is 32.1. The summed E-state index contributed by atoms with van der Waals surface area (Å²) in [6.07, 6.45) is -0.893. The number of methoxy groups -OCH3 is 3. The number of nitrogens with zero attached hydrogens (tertiary/aromatic N) is 2. The van der Waals surface area contributed by atoms with Crippen molar-refractivity contribution in [1.29, 1.82) is 0 Å². The summed E-state index contributed by atoms with van der Waals surface area (Å²) in [6.45, 7) is -0.0775. The molecule has 1 aliphatic heterocycles. The highest BCUT2D eigenvalue weighted by molar-refractivity contribution is 7.16. The molecule has 0 N–H and O–H groups in total. The molecule has 0 saturated heterocycles. The van der Waals surface area contributed by atoms with Crippen LogP contribution in [0.1, 0.15) is 0 Å². The summed E-state index contributed by atoms with van der Waals surface area (Å²) in [7, 11) is 4.36. The summed E-state index contributed by atoms with van der Waals surface area (Å²) in [6, 6.07) is 10.6. The second-order valence-corrected chi connectivity index (χ2v) is 7.55. The minimum absolute atomic E-state index is 0.0445. The zero-order valence-corrected chi connectivity index (χ0v) is 17.9. The van der Waals surface area contributed by atoms with Gasteiger partial charge in [0.15, 0.2) is 27.8 Å². The van der Waals surface area contributed by atoms with Gasteiger partial charge >= 0.3 is 5.97 Å². The van der Waals surface area contributed by atoms with Crippen molar-refractivity contribution in [2.75, 3.05) is 27.9 Å². The molecule has 10 heteroatoms. The summed E-state index contributed by atoms with van der Waals surface area (Å²) in [4.78, 5) is 29.4. The summed E-state index contributed by atoms with van der Waals surface area (Å²) in [5.41, 5.74) is 0.658. The molecule has 9 nitrogen and oxygen atoms in total. The third-order valence-corrected chi connectivity index (χ3v) is 5.73. The second-order valence-electron chi connectivity index (χ2n) is 6.54. The number of thiazole rings is 1. The predicted octanol–water partition coefficient (Wildman–Crippen LogP) is 2.16. The SMILES string of the molecule is COC(=O)Cn1c(=NC(=O)C2COc3ccccc3O2)sc2cc(OC)c(OC)cc21. The van der Waals surface area contributed by atoms with E-state index in [1.807, 2.05) is 6.07 Å². The van der Waals surface area contributed by atoms with Gasteiger partial charge in [0.05, 0.1) is 31.5 Å². The van der Waals surface area contributed by atoms with Gasteiger partial charge < -0.3 is 28.3 Å². The Kier molecular flexibility index (Phi) is 5.81. The molecule has 0 radical (unpaired) electrons. The third kappa shape index (κ3) is 4.06. The van der Waals surface area contributed by atoms with Gasteiger partial charge in [-0.15, -0.1) is 0 Å². The molecule has 1 atom stereocenters. The van der Waals surface area contributed by atoms with E-state index in [9.17, 15) is 9.59 Å². The molecule has 0 spiro atoms. The van der Waals surface area contributed by atoms with Gasteiger partial charge in [0, 0.05) is 12.1 Å². The Morgan fingerprint density at radius 1 is 1.13 bits per heavy atom. The van der Waals surface area contributed by atoms with Gasteiger partial charge in [0.1, 0.15) is 13.2 Å². The van der Waals surface area contributed by atoms with E-state index >= 15 is 0 Å². The van der Waals surface area contributed by atoms with Gasteiger partial charge in [-0.1, -0.05) is 23.5 Å². The Bertz CT molecular complexity index is 1210. The number of benzene rings is 2. The number of ether oxygens (including phenoxy) is 5. The molecule has 4 rings (SSSR count). The number of hydrogen-bond donors (Lipinski definition) is 0. The van der Waals surface area contributed by atoms with Gasteiger partial charge in [0.2, 0.25) is 6.10 Å². The fourth-order valence-electron chi connectivity index (χ4n) is 3.14. The highest BCUT2D eigenvalue weighted by Gasteiger charge is 2.27. The molecule has 0 fully saturated rings. The van der Waals surface area contributed by atoms with E-state index in [2.05, 4.69) is 4.99 Å². The van der Waals surface area contributed by atoms with Crippen molar-refractivity contribution in [2.45, 2.75) is 12.6 Å². The second kappa shape index (κ2) is 8.68. The van der Waals surface area contributed by atoms with E-state index in [4.69, 9.17) is 23.7 Å². The zero-order valence-electron chi connectivity index (χ0n) is 17.1. The number of hydrogen-bond acceptors (Lipinski definition) is 8. The maximum Gasteiger partial charge on any atom is 0.325 e. The molecular weight excluding hydrogens is 424 g/mol. The highest BCUT2D eigenvalue weighted by Crippen LogP contribution is 2.34. The molecule has 1 aliphatic rings. The number of aromatic nitrogens is 1. The molecule has 162 valence electrons. The van der Waals surface area contributed by atoms with Gasteiger partial charge in [0.25, 0.3) is 5.91 Å². The van der Waals surface area contributed by atoms with E-state index in [-0.39, 0.29) is 13.2 Å². The first kappa shape index (κ1) is 20.7. The maximum atomic E-state index is 12.9. The number of amides is 1. The Balaban J connectivity index is 1.76. The molecule has 31 heavy (non-hydrogen) atoms. The molecule has 2 heterocycles. The van der Waals surface area contributed by atoms with Crippen LogP contribution >= 0.6 is 11.3 Å². The van der Waals surface area contributed by atoms with Crippen LogP contribution in [0.4, 0.5) is 0 Å². The van der Waals surface area contributed by atoms with Crippen LogP contribution in [-0.4, -0.2) is 50.5 Å². The first-order valence-corrected chi connectivity index (χ1v) is 10.1. The zero-order chi connectivity index (χ0) is 22.0. The lowest BCUT2D eigenvalue weighted by atomic mass is 10.2. The van der Waals surface area contributed by atoms with Gasteiger partial charge in [-0.3, -0.25) is 9.59 Å². The quantitative estimate of drug-likeness (QED) is 0.556. The fraction of sp³-hybridized carbons (Fsp3) is 0.286. The molecule has 1 unspecified atom stereocenters. The van der Waals surface area contributed by atoms with Crippen LogP contribution < -0.4 is 23.7 Å². The Labute approximate surface area is 181 Å². The van der Waals surface area contributed by atoms with E-state index in [0.717, 1.165) is 4.70 Å². The summed E-state index contributed by atoms with van der Waals surface area (Å²) >= 11 is 1.24. The topological polar surface area (TPSA) is 97.6 Å². The molecule has 0 saturated carbocycles. The standard InChI is InChI=1S/C21H20N2O7S/c1-26-15-8-12-18(9-16(15)27-2)31-21(23(12)10-19(24)28-3)22-20(25)17-11-29-13-6-4-5-7-14(13)30-17/h4-9,17H,10-11H2,1-3H3. The van der Waals surface area contributed by atoms with Crippen molar-refractivity contribution in [2.24, 2.45) is 4.99 Å². The van der Waals surface area contributed by atoms with Crippen molar-refractivity contribution in [3.8, 4) is 23.0 Å². The Hall–Kier alpha value is -3.53. The first-order valence-electron chi connectivity index (χ1n) is 9.33. The van der Waals surface area contributed by atoms with Crippen LogP contribution in [-0.2, 0) is 20.9 Å². The molecular formula is C21H20N2O7S. The molecule has 0 bridgehead atoms. The Morgan fingerprint density at radius 2 is 1.84 bits per heavy atom. The van der Waals surface area contributed by atoms with Crippen molar-refractivity contribution in [3.63, 3.8) is 0 Å². The summed E-state index contributed by atoms with van der Waals surface area (Å²) in [5.74, 6) is 1.09. The number of rotatable bonds is 5. The number of carbonyl (C=O) groups excluding carboxylic acids is 2. The largest absolute Gasteiger partial charge is 0.493 e. The van der Waals surface area contributed by atoms with E-state index in [1.165, 1.54) is 32.7 Å². The smallest absolute Gasteiger partial charge is 0.325 e. The van der Waals surface area contributed by atoms with E-state index < -0.39 is 18.0 Å². The monoisotopic (exact) mass is 444 g/mol. The van der Waals surface area contributed by atoms with Crippen molar-refractivity contribution in [1.82, 2.24) is 4.57 Å². The molecule has 2 aromatic carbocycles. The van der Waals surface area contributed by atoms with Crippen LogP contribution in [0.25, 0.3) is 10.2 Å². The lowest BCUT2D eigenvalue weighted by Gasteiger charge is -2.23. The average Bonchev–Trinajstić information content (AvgIpc) is 3.12. The van der Waals surface area contributed by atoms with Gasteiger partial charge in [-0.2, -0.15) is 4.99 Å². The molecule has 3 aromatic rings. The van der Waals surface area contributed by atoms with E-state index in [0.29, 0.717) is 33.3 Å². The van der Waals surface area contributed by atoms with Crippen LogP contribution in [0.2, 0.25) is 0 Å². The molecule has 1 amide bonds. The minimum Gasteiger partial charge on any atom is -0.493 e. The lowest BCUT2D eigenvalue weighted by Crippen LogP contribution is -2.37. The average molecular weight is 444 g/mol. The van der Waals surface area contributed by atoms with Crippen molar-refractivity contribution >= 4 is 33.4 Å². The number of fused-ring (bicyclic) bond motifs is 2. The first-order chi connectivity index (χ1) is 15.0. The van der Waals surface area contributed by atoms with Crippen molar-refractivity contribution < 1.29 is 33.3 Å². The normalized spacial score (nSPS) is 15.6. The predicted molar refractivity (Wildman–Crippen MR) is 112 cm³/mol. The van der Waals surface area contributed by atoms with Crippen LogP contribution in [0.5, 0.6) is 23.0 Å². The van der Waals surface area contributed by atoms with E-state index in [1.54, 1.807) is 34.9 Å². The number of esters is 1. The number of para-hydroxylation sites is 2. The van der Waals surface area contributed by atoms with Crippen LogP contribution in [0.3, 0.4) is 0 Å².